The third kappa shape index (κ3) is 4.23. The molecule has 0 aliphatic rings. The molecule has 1 aromatic carbocycles. The first kappa shape index (κ1) is 15.4. The smallest absolute Gasteiger partial charge is 0.223 e. The van der Waals surface area contributed by atoms with E-state index in [0.717, 1.165) is 30.3 Å². The highest BCUT2D eigenvalue weighted by Gasteiger charge is 2.15. The summed E-state index contributed by atoms with van der Waals surface area (Å²) in [7, 11) is 3.87. The van der Waals surface area contributed by atoms with Crippen LogP contribution < -0.4 is 5.32 Å². The molecule has 2 aromatic rings. The van der Waals surface area contributed by atoms with E-state index in [-0.39, 0.29) is 11.8 Å². The van der Waals surface area contributed by atoms with Crippen molar-refractivity contribution in [3.63, 3.8) is 0 Å². The molecule has 1 N–H and O–H groups in total. The Hall–Kier alpha value is -2.01. The van der Waals surface area contributed by atoms with E-state index >= 15 is 0 Å². The largest absolute Gasteiger partial charge is 0.354 e. The van der Waals surface area contributed by atoms with Gasteiger partial charge in [0.2, 0.25) is 5.95 Å². The zero-order valence-electron chi connectivity index (χ0n) is 12.8. The lowest BCUT2D eigenvalue weighted by Gasteiger charge is -2.21. The Morgan fingerprint density at radius 1 is 1.33 bits per heavy atom. The van der Waals surface area contributed by atoms with E-state index in [9.17, 15) is 4.79 Å². The number of aromatic nitrogens is 2. The number of nitrogens with zero attached hydrogens (tertiary/aromatic N) is 3. The molecule has 0 spiro atoms. The average Bonchev–Trinajstić information content (AvgIpc) is 2.46. The van der Waals surface area contributed by atoms with Crippen molar-refractivity contribution < 1.29 is 4.79 Å². The highest BCUT2D eigenvalue weighted by Crippen LogP contribution is 2.12. The van der Waals surface area contributed by atoms with Gasteiger partial charge in [0.1, 0.15) is 5.78 Å². The third-order valence-electron chi connectivity index (χ3n) is 3.52. The number of nitrogens with one attached hydrogen (secondary N) is 1. The zero-order valence-corrected chi connectivity index (χ0v) is 12.8. The Labute approximate surface area is 125 Å². The van der Waals surface area contributed by atoms with Gasteiger partial charge in [-0.05, 0) is 39.9 Å². The molecule has 0 bridgehead atoms. The summed E-state index contributed by atoms with van der Waals surface area (Å²) >= 11 is 0. The van der Waals surface area contributed by atoms with Crippen molar-refractivity contribution in [2.24, 2.45) is 0 Å². The minimum Gasteiger partial charge on any atom is -0.354 e. The Morgan fingerprint density at radius 2 is 2.10 bits per heavy atom. The Balaban J connectivity index is 1.86. The fourth-order valence-electron chi connectivity index (χ4n) is 2.38. The molecule has 1 unspecified atom stereocenters. The van der Waals surface area contributed by atoms with E-state index in [2.05, 4.69) is 15.3 Å². The molecular formula is C16H22N4O. The van der Waals surface area contributed by atoms with Crippen molar-refractivity contribution in [2.75, 3.05) is 26.0 Å². The fourth-order valence-corrected chi connectivity index (χ4v) is 2.38. The maximum Gasteiger partial charge on any atom is 0.223 e. The zero-order chi connectivity index (χ0) is 15.2. The van der Waals surface area contributed by atoms with Crippen LogP contribution in [0.5, 0.6) is 0 Å². The van der Waals surface area contributed by atoms with Crippen molar-refractivity contribution >= 4 is 22.6 Å². The summed E-state index contributed by atoms with van der Waals surface area (Å²) in [6.07, 6.45) is 3.56. The molecule has 0 radical (unpaired) electrons. The quantitative estimate of drug-likeness (QED) is 0.792. The molecule has 5 nitrogen and oxygen atoms in total. The van der Waals surface area contributed by atoms with E-state index in [4.69, 9.17) is 0 Å². The molecule has 2 rings (SSSR count). The van der Waals surface area contributed by atoms with Gasteiger partial charge in [-0.25, -0.2) is 9.97 Å². The van der Waals surface area contributed by atoms with E-state index in [1.54, 1.807) is 6.92 Å². The van der Waals surface area contributed by atoms with E-state index in [1.165, 1.54) is 0 Å². The highest BCUT2D eigenvalue weighted by molar-refractivity contribution is 5.81. The molecule has 0 aliphatic heterocycles. The first-order valence-electron chi connectivity index (χ1n) is 7.20. The molecule has 0 saturated heterocycles. The van der Waals surface area contributed by atoms with Crippen molar-refractivity contribution in [1.82, 2.24) is 14.9 Å². The van der Waals surface area contributed by atoms with Crippen molar-refractivity contribution in [3.8, 4) is 0 Å². The number of benzene rings is 1. The number of fused-ring (bicyclic) bond motifs is 1. The second kappa shape index (κ2) is 7.13. The van der Waals surface area contributed by atoms with Crippen LogP contribution in [0.3, 0.4) is 0 Å². The van der Waals surface area contributed by atoms with E-state index in [1.807, 2.05) is 49.5 Å². The van der Waals surface area contributed by atoms with Gasteiger partial charge in [0.25, 0.3) is 0 Å². The van der Waals surface area contributed by atoms with Gasteiger partial charge < -0.3 is 5.32 Å². The Bertz CT molecular complexity index is 612. The standard InChI is InChI=1S/C16H22N4O/c1-12(21)15(20(2)3)9-6-10-17-16-18-11-13-7-4-5-8-14(13)19-16/h4-5,7-8,11,15H,6,9-10H2,1-3H3,(H,17,18,19). The van der Waals surface area contributed by atoms with Crippen LogP contribution in [0.4, 0.5) is 5.95 Å². The summed E-state index contributed by atoms with van der Waals surface area (Å²) in [5.74, 6) is 0.847. The van der Waals surface area contributed by atoms with Crippen LogP contribution in [0, 0.1) is 0 Å². The molecule has 0 saturated carbocycles. The molecule has 1 atom stereocenters. The van der Waals surface area contributed by atoms with Gasteiger partial charge in [0.15, 0.2) is 0 Å². The summed E-state index contributed by atoms with van der Waals surface area (Å²) < 4.78 is 0. The number of anilines is 1. The van der Waals surface area contributed by atoms with Gasteiger partial charge in [0.05, 0.1) is 11.6 Å². The predicted molar refractivity (Wildman–Crippen MR) is 85.4 cm³/mol. The van der Waals surface area contributed by atoms with Gasteiger partial charge in [-0.15, -0.1) is 0 Å². The lowest BCUT2D eigenvalue weighted by molar-refractivity contribution is -0.121. The van der Waals surface area contributed by atoms with Crippen LogP contribution in [0.1, 0.15) is 19.8 Å². The van der Waals surface area contributed by atoms with Crippen molar-refractivity contribution in [3.05, 3.63) is 30.5 Å². The molecule has 0 aliphatic carbocycles. The SMILES string of the molecule is CC(=O)C(CCCNc1ncc2ccccc2n1)N(C)C. The molecule has 0 amide bonds. The van der Waals surface area contributed by atoms with Gasteiger partial charge >= 0.3 is 0 Å². The van der Waals surface area contributed by atoms with Gasteiger partial charge in [0, 0.05) is 18.1 Å². The van der Waals surface area contributed by atoms with Gasteiger partial charge in [-0.2, -0.15) is 0 Å². The van der Waals surface area contributed by atoms with Crippen LogP contribution in [-0.4, -0.2) is 47.3 Å². The third-order valence-corrected chi connectivity index (χ3v) is 3.52. The number of likely N-dealkylation sites (N-methyl/N-ethyl adjacent to an activating group) is 1. The number of para-hydroxylation sites is 1. The number of carbonyl (C=O) groups excluding carboxylic acids is 1. The summed E-state index contributed by atoms with van der Waals surface area (Å²) in [6, 6.07) is 7.90. The summed E-state index contributed by atoms with van der Waals surface area (Å²) in [4.78, 5) is 22.2. The number of rotatable bonds is 7. The second-order valence-electron chi connectivity index (χ2n) is 5.41. The van der Waals surface area contributed by atoms with Crippen LogP contribution in [-0.2, 0) is 4.79 Å². The molecule has 21 heavy (non-hydrogen) atoms. The minimum atomic E-state index is -0.00989. The summed E-state index contributed by atoms with van der Waals surface area (Å²) in [5, 5.41) is 4.25. The maximum atomic E-state index is 11.5. The fraction of sp³-hybridized carbons (Fsp3) is 0.438. The molecule has 1 heterocycles. The average molecular weight is 286 g/mol. The topological polar surface area (TPSA) is 58.1 Å². The van der Waals surface area contributed by atoms with Crippen LogP contribution in [0.2, 0.25) is 0 Å². The first-order chi connectivity index (χ1) is 10.1. The number of hydrogen-bond acceptors (Lipinski definition) is 5. The number of hydrogen-bond donors (Lipinski definition) is 1. The molecule has 1 aromatic heterocycles. The Kier molecular flexibility index (Phi) is 5.22. The molecule has 0 fully saturated rings. The molecule has 5 heteroatoms. The first-order valence-corrected chi connectivity index (χ1v) is 7.20. The number of Topliss-reactive ketones (excluding diaryl/α,β-unsaturated/α-hetero) is 1. The van der Waals surface area contributed by atoms with Gasteiger partial charge in [-0.3, -0.25) is 9.69 Å². The summed E-state index contributed by atoms with van der Waals surface area (Å²) in [5.41, 5.74) is 0.935. The lowest BCUT2D eigenvalue weighted by Crippen LogP contribution is -2.34. The van der Waals surface area contributed by atoms with Crippen LogP contribution in [0.15, 0.2) is 30.5 Å². The molecular weight excluding hydrogens is 264 g/mol. The maximum absolute atomic E-state index is 11.5. The predicted octanol–water partition coefficient (Wildman–Crippen LogP) is 2.34. The lowest BCUT2D eigenvalue weighted by atomic mass is 10.1. The van der Waals surface area contributed by atoms with E-state index < -0.39 is 0 Å². The minimum absolute atomic E-state index is 0.00989. The van der Waals surface area contributed by atoms with Crippen molar-refractivity contribution in [2.45, 2.75) is 25.8 Å². The van der Waals surface area contributed by atoms with Crippen LogP contribution >= 0.6 is 0 Å². The highest BCUT2D eigenvalue weighted by atomic mass is 16.1. The normalized spacial score (nSPS) is 12.6. The Morgan fingerprint density at radius 3 is 2.81 bits per heavy atom. The molecule has 112 valence electrons. The summed E-state index contributed by atoms with van der Waals surface area (Å²) in [6.45, 7) is 2.40. The monoisotopic (exact) mass is 286 g/mol. The number of ketones is 1. The van der Waals surface area contributed by atoms with E-state index in [0.29, 0.717) is 5.95 Å². The van der Waals surface area contributed by atoms with Crippen LogP contribution in [0.25, 0.3) is 10.9 Å². The second-order valence-corrected chi connectivity index (χ2v) is 5.41. The number of carbonyl (C=O) groups is 1. The van der Waals surface area contributed by atoms with Gasteiger partial charge in [-0.1, -0.05) is 18.2 Å². The van der Waals surface area contributed by atoms with Crippen molar-refractivity contribution in [1.29, 1.82) is 0 Å².